The number of carbonyl (C=O) groups is 1. The molecule has 0 aliphatic carbocycles. The number of rotatable bonds is 5. The first kappa shape index (κ1) is 20.9. The quantitative estimate of drug-likeness (QED) is 0.605. The van der Waals surface area contributed by atoms with E-state index in [2.05, 4.69) is 32.4 Å². The number of hydrogen-bond donors (Lipinski definition) is 2. The molecule has 3 N–H and O–H groups in total. The van der Waals surface area contributed by atoms with E-state index < -0.39 is 10.0 Å². The van der Waals surface area contributed by atoms with Crippen LogP contribution in [0.2, 0.25) is 0 Å². The minimum absolute atomic E-state index is 0.0123. The summed E-state index contributed by atoms with van der Waals surface area (Å²) in [5, 5.41) is 15.2. The van der Waals surface area contributed by atoms with Gasteiger partial charge in [0, 0.05) is 54.7 Å². The molecule has 0 spiro atoms. The second-order valence-corrected chi connectivity index (χ2v) is 10.1. The normalized spacial score (nSPS) is 15.3. The highest BCUT2D eigenvalue weighted by molar-refractivity contribution is 7.89. The predicted octanol–water partition coefficient (Wildman–Crippen LogP) is 2.87. The van der Waals surface area contributed by atoms with Gasteiger partial charge < -0.3 is 10.2 Å². The molecule has 0 unspecified atom stereocenters. The summed E-state index contributed by atoms with van der Waals surface area (Å²) in [6.45, 7) is 3.53. The molecule has 0 atom stereocenters. The minimum Gasteiger partial charge on any atom is -0.322 e. The molecule has 2 amide bonds. The number of primary sulfonamides is 1. The van der Waals surface area contributed by atoms with E-state index >= 15 is 0 Å². The minimum atomic E-state index is -3.74. The summed E-state index contributed by atoms with van der Waals surface area (Å²) in [7, 11) is -3.74. The monoisotopic (exact) mass is 463 g/mol. The number of urea groups is 1. The van der Waals surface area contributed by atoms with Crippen LogP contribution in [-0.4, -0.2) is 55.4 Å². The zero-order chi connectivity index (χ0) is 21.1. The lowest BCUT2D eigenvalue weighted by Gasteiger charge is -2.34. The van der Waals surface area contributed by atoms with Crippen LogP contribution in [0.25, 0.3) is 10.6 Å². The van der Waals surface area contributed by atoms with Crippen molar-refractivity contribution in [3.8, 4) is 10.6 Å². The fraction of sp³-hybridized carbons (Fsp3) is 0.263. The van der Waals surface area contributed by atoms with Crippen molar-refractivity contribution in [2.75, 3.05) is 31.5 Å². The zero-order valence-corrected chi connectivity index (χ0v) is 18.5. The summed E-state index contributed by atoms with van der Waals surface area (Å²) < 4.78 is 22.6. The van der Waals surface area contributed by atoms with Crippen LogP contribution in [0.3, 0.4) is 0 Å². The number of thiazole rings is 1. The van der Waals surface area contributed by atoms with Crippen LogP contribution < -0.4 is 10.5 Å². The lowest BCUT2D eigenvalue weighted by molar-refractivity contribution is 0.142. The van der Waals surface area contributed by atoms with Gasteiger partial charge in [-0.05, 0) is 35.7 Å². The largest absolute Gasteiger partial charge is 0.322 e. The lowest BCUT2D eigenvalue weighted by Crippen LogP contribution is -2.49. The molecule has 1 aliphatic heterocycles. The summed E-state index contributed by atoms with van der Waals surface area (Å²) in [4.78, 5) is 21.3. The van der Waals surface area contributed by atoms with Crippen LogP contribution in [0.15, 0.2) is 51.4 Å². The van der Waals surface area contributed by atoms with Gasteiger partial charge in [-0.2, -0.15) is 11.3 Å². The van der Waals surface area contributed by atoms with Crippen molar-refractivity contribution < 1.29 is 13.2 Å². The van der Waals surface area contributed by atoms with Crippen LogP contribution in [-0.2, 0) is 16.6 Å². The van der Waals surface area contributed by atoms with Gasteiger partial charge in [-0.1, -0.05) is 0 Å². The average Bonchev–Trinajstić information content (AvgIpc) is 3.40. The number of hydrogen-bond acceptors (Lipinski definition) is 7. The van der Waals surface area contributed by atoms with Gasteiger partial charge in [0.25, 0.3) is 0 Å². The third kappa shape index (κ3) is 5.05. The fourth-order valence-corrected chi connectivity index (χ4v) is 5.21. The smallest absolute Gasteiger partial charge is 0.321 e. The molecule has 8 nitrogen and oxygen atoms in total. The number of thiophene rings is 1. The summed E-state index contributed by atoms with van der Waals surface area (Å²) in [5.74, 6) is 0. The molecule has 30 heavy (non-hydrogen) atoms. The Morgan fingerprint density at radius 2 is 1.83 bits per heavy atom. The Kier molecular flexibility index (Phi) is 6.16. The Morgan fingerprint density at radius 3 is 2.47 bits per heavy atom. The molecule has 1 aromatic carbocycles. The van der Waals surface area contributed by atoms with Crippen molar-refractivity contribution in [1.29, 1.82) is 0 Å². The van der Waals surface area contributed by atoms with Gasteiger partial charge >= 0.3 is 6.03 Å². The number of amides is 2. The molecule has 3 aromatic rings. The molecule has 3 heterocycles. The van der Waals surface area contributed by atoms with Crippen LogP contribution in [0.1, 0.15) is 5.69 Å². The SMILES string of the molecule is NS(=O)(=O)c1ccc(NC(=O)N2CCN(Cc3csc(-c4ccsc4)n3)CC2)cc1. The van der Waals surface area contributed by atoms with Gasteiger partial charge in [-0.3, -0.25) is 4.90 Å². The van der Waals surface area contributed by atoms with Gasteiger partial charge in [-0.15, -0.1) is 11.3 Å². The Morgan fingerprint density at radius 1 is 1.10 bits per heavy atom. The van der Waals surface area contributed by atoms with E-state index in [0.717, 1.165) is 35.9 Å². The van der Waals surface area contributed by atoms with Crippen molar-refractivity contribution in [1.82, 2.24) is 14.8 Å². The standard InChI is InChI=1S/C19H21N5O3S3/c20-30(26,27)17-3-1-15(2-4-17)22-19(25)24-8-6-23(7-9-24)11-16-13-29-18(21-16)14-5-10-28-12-14/h1-5,10,12-13H,6-9,11H2,(H,22,25)(H2,20,26,27). The maximum atomic E-state index is 12.5. The number of carbonyl (C=O) groups excluding carboxylic acids is 1. The number of nitrogens with zero attached hydrogens (tertiary/aromatic N) is 3. The number of benzene rings is 1. The summed E-state index contributed by atoms with van der Waals surface area (Å²) >= 11 is 3.32. The van der Waals surface area contributed by atoms with Gasteiger partial charge in [0.15, 0.2) is 0 Å². The Balaban J connectivity index is 1.27. The van der Waals surface area contributed by atoms with Crippen molar-refractivity contribution >= 4 is 44.4 Å². The van der Waals surface area contributed by atoms with E-state index in [4.69, 9.17) is 10.1 Å². The molecule has 1 fully saturated rings. The van der Waals surface area contributed by atoms with E-state index in [1.165, 1.54) is 24.3 Å². The van der Waals surface area contributed by atoms with Crippen molar-refractivity contribution in [2.45, 2.75) is 11.4 Å². The summed E-state index contributed by atoms with van der Waals surface area (Å²) in [6, 6.07) is 7.68. The van der Waals surface area contributed by atoms with Crippen molar-refractivity contribution in [3.05, 3.63) is 52.2 Å². The first-order valence-corrected chi connectivity index (χ1v) is 12.6. The van der Waals surface area contributed by atoms with Crippen LogP contribution >= 0.6 is 22.7 Å². The number of aromatic nitrogens is 1. The molecule has 0 saturated carbocycles. The number of nitrogens with two attached hydrogens (primary N) is 1. The number of nitrogens with one attached hydrogen (secondary N) is 1. The van der Waals surface area contributed by atoms with E-state index in [0.29, 0.717) is 18.8 Å². The molecular weight excluding hydrogens is 442 g/mol. The Bertz CT molecular complexity index is 1100. The third-order valence-corrected chi connectivity index (χ3v) is 7.35. The molecule has 4 rings (SSSR count). The number of piperazine rings is 1. The molecule has 2 aromatic heterocycles. The van der Waals surface area contributed by atoms with E-state index in [1.807, 2.05) is 0 Å². The van der Waals surface area contributed by atoms with Crippen LogP contribution in [0.5, 0.6) is 0 Å². The topological polar surface area (TPSA) is 109 Å². The second-order valence-electron chi connectivity index (χ2n) is 6.92. The van der Waals surface area contributed by atoms with Gasteiger partial charge in [0.05, 0.1) is 10.6 Å². The van der Waals surface area contributed by atoms with Gasteiger partial charge in [0.1, 0.15) is 5.01 Å². The first-order valence-electron chi connectivity index (χ1n) is 9.26. The summed E-state index contributed by atoms with van der Waals surface area (Å²) in [6.07, 6.45) is 0. The van der Waals surface area contributed by atoms with Crippen LogP contribution in [0, 0.1) is 0 Å². The third-order valence-electron chi connectivity index (χ3n) is 4.80. The zero-order valence-electron chi connectivity index (χ0n) is 16.0. The Hall–Kier alpha value is -2.31. The van der Waals surface area contributed by atoms with Crippen molar-refractivity contribution in [3.63, 3.8) is 0 Å². The molecule has 0 bridgehead atoms. The highest BCUT2D eigenvalue weighted by atomic mass is 32.2. The molecule has 1 aliphatic rings. The van der Waals surface area contributed by atoms with E-state index in [-0.39, 0.29) is 10.9 Å². The first-order chi connectivity index (χ1) is 14.4. The van der Waals surface area contributed by atoms with E-state index in [1.54, 1.807) is 27.6 Å². The van der Waals surface area contributed by atoms with Gasteiger partial charge in [-0.25, -0.2) is 23.3 Å². The average molecular weight is 464 g/mol. The number of sulfonamides is 1. The molecule has 1 saturated heterocycles. The molecule has 158 valence electrons. The maximum absolute atomic E-state index is 12.5. The second kappa shape index (κ2) is 8.82. The summed E-state index contributed by atoms with van der Waals surface area (Å²) in [5.41, 5.74) is 2.74. The fourth-order valence-electron chi connectivity index (χ4n) is 3.17. The van der Waals surface area contributed by atoms with Crippen molar-refractivity contribution in [2.24, 2.45) is 5.14 Å². The van der Waals surface area contributed by atoms with E-state index in [9.17, 15) is 13.2 Å². The molecule has 0 radical (unpaired) electrons. The maximum Gasteiger partial charge on any atom is 0.321 e. The highest BCUT2D eigenvalue weighted by Gasteiger charge is 2.22. The van der Waals surface area contributed by atoms with Gasteiger partial charge in [0.2, 0.25) is 10.0 Å². The Labute approximate surface area is 183 Å². The molecular formula is C19H21N5O3S3. The molecule has 11 heteroatoms. The lowest BCUT2D eigenvalue weighted by atomic mass is 10.3. The van der Waals surface area contributed by atoms with Crippen LogP contribution in [0.4, 0.5) is 10.5 Å². The predicted molar refractivity (Wildman–Crippen MR) is 119 cm³/mol. The number of anilines is 1. The highest BCUT2D eigenvalue weighted by Crippen LogP contribution is 2.26.